The standard InChI is InChI=1S/C10H12ClN3O3S/c1-7-3-4-8(17-7)5-13-18(15,16)10-9(11)14(2)6-12-10/h3-4,6,13H,5H2,1-2H3. The number of hydrogen-bond donors (Lipinski definition) is 1. The lowest BCUT2D eigenvalue weighted by Gasteiger charge is -2.03. The summed E-state index contributed by atoms with van der Waals surface area (Å²) in [5, 5.41) is -0.118. The molecule has 0 amide bonds. The van der Waals surface area contributed by atoms with E-state index in [1.54, 1.807) is 26.1 Å². The van der Waals surface area contributed by atoms with E-state index < -0.39 is 10.0 Å². The average Bonchev–Trinajstić information content (AvgIpc) is 2.85. The van der Waals surface area contributed by atoms with E-state index in [-0.39, 0.29) is 16.7 Å². The normalized spacial score (nSPS) is 11.9. The van der Waals surface area contributed by atoms with Crippen LogP contribution in [0.4, 0.5) is 0 Å². The monoisotopic (exact) mass is 289 g/mol. The van der Waals surface area contributed by atoms with Crippen molar-refractivity contribution >= 4 is 21.6 Å². The third-order valence-electron chi connectivity index (χ3n) is 2.32. The van der Waals surface area contributed by atoms with Crippen LogP contribution < -0.4 is 4.72 Å². The van der Waals surface area contributed by atoms with E-state index in [1.165, 1.54) is 10.9 Å². The molecule has 6 nitrogen and oxygen atoms in total. The molecule has 0 aromatic carbocycles. The van der Waals surface area contributed by atoms with Crippen LogP contribution >= 0.6 is 11.6 Å². The molecule has 0 saturated carbocycles. The molecule has 0 aliphatic carbocycles. The van der Waals surface area contributed by atoms with E-state index in [4.69, 9.17) is 16.0 Å². The van der Waals surface area contributed by atoms with Crippen molar-refractivity contribution in [2.24, 2.45) is 7.05 Å². The first-order valence-corrected chi connectivity index (χ1v) is 6.98. The third-order valence-corrected chi connectivity index (χ3v) is 4.21. The maximum absolute atomic E-state index is 11.9. The summed E-state index contributed by atoms with van der Waals surface area (Å²) in [7, 11) is -2.12. The van der Waals surface area contributed by atoms with Gasteiger partial charge in [-0.3, -0.25) is 0 Å². The van der Waals surface area contributed by atoms with Crippen LogP contribution in [0.25, 0.3) is 0 Å². The number of sulfonamides is 1. The minimum absolute atomic E-state index is 0.0586. The summed E-state index contributed by atoms with van der Waals surface area (Å²) in [6.45, 7) is 1.84. The molecule has 0 radical (unpaired) electrons. The number of rotatable bonds is 4. The highest BCUT2D eigenvalue weighted by Gasteiger charge is 2.22. The average molecular weight is 290 g/mol. The van der Waals surface area contributed by atoms with E-state index in [2.05, 4.69) is 9.71 Å². The van der Waals surface area contributed by atoms with Crippen LogP contribution in [0.2, 0.25) is 5.15 Å². The number of imidazole rings is 1. The number of furan rings is 1. The van der Waals surface area contributed by atoms with Gasteiger partial charge in [0, 0.05) is 7.05 Å². The highest BCUT2D eigenvalue weighted by molar-refractivity contribution is 7.89. The quantitative estimate of drug-likeness (QED) is 0.924. The molecule has 2 aromatic heterocycles. The SMILES string of the molecule is Cc1ccc(CNS(=O)(=O)c2ncn(C)c2Cl)o1. The number of nitrogens with zero attached hydrogens (tertiary/aromatic N) is 2. The molecule has 8 heteroatoms. The van der Waals surface area contributed by atoms with Gasteiger partial charge in [-0.15, -0.1) is 0 Å². The molecule has 98 valence electrons. The van der Waals surface area contributed by atoms with Gasteiger partial charge in [0.2, 0.25) is 5.03 Å². The summed E-state index contributed by atoms with van der Waals surface area (Å²) in [5.41, 5.74) is 0. The molecule has 18 heavy (non-hydrogen) atoms. The van der Waals surface area contributed by atoms with Gasteiger partial charge in [0.25, 0.3) is 10.0 Å². The van der Waals surface area contributed by atoms with Gasteiger partial charge in [-0.2, -0.15) is 0 Å². The molecule has 0 aliphatic rings. The minimum atomic E-state index is -3.73. The molecule has 2 rings (SSSR count). The fourth-order valence-electron chi connectivity index (χ4n) is 1.39. The zero-order valence-corrected chi connectivity index (χ0v) is 11.4. The van der Waals surface area contributed by atoms with Crippen LogP contribution in [0, 0.1) is 6.92 Å². The van der Waals surface area contributed by atoms with Gasteiger partial charge in [0.15, 0.2) is 0 Å². The minimum Gasteiger partial charge on any atom is -0.465 e. The molecular formula is C10H12ClN3O3S. The molecule has 0 saturated heterocycles. The third kappa shape index (κ3) is 2.58. The fourth-order valence-corrected chi connectivity index (χ4v) is 2.81. The molecule has 0 spiro atoms. The zero-order chi connectivity index (χ0) is 13.3. The fraction of sp³-hybridized carbons (Fsp3) is 0.300. The van der Waals surface area contributed by atoms with Crippen molar-refractivity contribution in [3.05, 3.63) is 35.1 Å². The van der Waals surface area contributed by atoms with Gasteiger partial charge in [0.1, 0.15) is 16.7 Å². The van der Waals surface area contributed by atoms with E-state index in [0.29, 0.717) is 5.76 Å². The number of halogens is 1. The van der Waals surface area contributed by atoms with Crippen LogP contribution in [0.3, 0.4) is 0 Å². The molecule has 0 aliphatic heterocycles. The Kier molecular flexibility index (Phi) is 3.47. The van der Waals surface area contributed by atoms with Crippen molar-refractivity contribution in [2.75, 3.05) is 0 Å². The smallest absolute Gasteiger partial charge is 0.261 e. The number of aryl methyl sites for hydroxylation is 2. The van der Waals surface area contributed by atoms with Crippen molar-refractivity contribution in [2.45, 2.75) is 18.5 Å². The zero-order valence-electron chi connectivity index (χ0n) is 9.84. The second-order valence-electron chi connectivity index (χ2n) is 3.79. The van der Waals surface area contributed by atoms with Crippen molar-refractivity contribution < 1.29 is 12.8 Å². The van der Waals surface area contributed by atoms with Crippen molar-refractivity contribution in [3.63, 3.8) is 0 Å². The Morgan fingerprint density at radius 2 is 2.22 bits per heavy atom. The Morgan fingerprint density at radius 1 is 1.50 bits per heavy atom. The number of hydrogen-bond acceptors (Lipinski definition) is 4. The van der Waals surface area contributed by atoms with Crippen molar-refractivity contribution in [3.8, 4) is 0 Å². The summed E-state index contributed by atoms with van der Waals surface area (Å²) in [4.78, 5) is 3.75. The summed E-state index contributed by atoms with van der Waals surface area (Å²) >= 11 is 5.84. The molecule has 1 N–H and O–H groups in total. The maximum atomic E-state index is 11.9. The van der Waals surface area contributed by atoms with Gasteiger partial charge < -0.3 is 8.98 Å². The van der Waals surface area contributed by atoms with Crippen LogP contribution in [-0.2, 0) is 23.6 Å². The van der Waals surface area contributed by atoms with Crippen LogP contribution in [0.5, 0.6) is 0 Å². The lowest BCUT2D eigenvalue weighted by molar-refractivity contribution is 0.475. The van der Waals surface area contributed by atoms with Crippen LogP contribution in [0.15, 0.2) is 27.9 Å². The summed E-state index contributed by atoms with van der Waals surface area (Å²) < 4.78 is 32.9. The summed E-state index contributed by atoms with van der Waals surface area (Å²) in [6.07, 6.45) is 1.34. The van der Waals surface area contributed by atoms with E-state index in [9.17, 15) is 8.42 Å². The Balaban J connectivity index is 2.15. The molecule has 0 fully saturated rings. The number of aromatic nitrogens is 2. The lowest BCUT2D eigenvalue weighted by atomic mass is 10.4. The summed E-state index contributed by atoms with van der Waals surface area (Å²) in [5.74, 6) is 1.25. The lowest BCUT2D eigenvalue weighted by Crippen LogP contribution is -2.23. The highest BCUT2D eigenvalue weighted by atomic mass is 35.5. The van der Waals surface area contributed by atoms with E-state index >= 15 is 0 Å². The summed E-state index contributed by atoms with van der Waals surface area (Å²) in [6, 6.07) is 3.47. The van der Waals surface area contributed by atoms with Crippen molar-refractivity contribution in [1.29, 1.82) is 0 Å². The largest absolute Gasteiger partial charge is 0.465 e. The predicted octanol–water partition coefficient (Wildman–Crippen LogP) is 1.45. The Bertz CT molecular complexity index is 660. The molecule has 0 unspecified atom stereocenters. The van der Waals surface area contributed by atoms with Crippen LogP contribution in [0.1, 0.15) is 11.5 Å². The van der Waals surface area contributed by atoms with Gasteiger partial charge in [-0.1, -0.05) is 11.6 Å². The molecule has 0 atom stereocenters. The highest BCUT2D eigenvalue weighted by Crippen LogP contribution is 2.18. The van der Waals surface area contributed by atoms with Gasteiger partial charge in [-0.05, 0) is 19.1 Å². The number of nitrogens with one attached hydrogen (secondary N) is 1. The first-order chi connectivity index (χ1) is 8.40. The Morgan fingerprint density at radius 3 is 2.72 bits per heavy atom. The van der Waals surface area contributed by atoms with Crippen LogP contribution in [-0.4, -0.2) is 18.0 Å². The van der Waals surface area contributed by atoms with E-state index in [0.717, 1.165) is 5.76 Å². The van der Waals surface area contributed by atoms with Gasteiger partial charge in [0.05, 0.1) is 12.9 Å². The van der Waals surface area contributed by atoms with Gasteiger partial charge in [-0.25, -0.2) is 18.1 Å². The molecular weight excluding hydrogens is 278 g/mol. The first-order valence-electron chi connectivity index (χ1n) is 5.12. The second kappa shape index (κ2) is 4.75. The molecule has 0 bridgehead atoms. The van der Waals surface area contributed by atoms with Crippen molar-refractivity contribution in [1.82, 2.24) is 14.3 Å². The van der Waals surface area contributed by atoms with Gasteiger partial charge >= 0.3 is 0 Å². The Hall–Kier alpha value is -1.31. The second-order valence-corrected chi connectivity index (χ2v) is 5.83. The molecule has 2 heterocycles. The molecule has 2 aromatic rings. The predicted molar refractivity (Wildman–Crippen MR) is 65.7 cm³/mol. The van der Waals surface area contributed by atoms with E-state index in [1.807, 2.05) is 0 Å². The first kappa shape index (κ1) is 13.1. The maximum Gasteiger partial charge on any atom is 0.261 e. The topological polar surface area (TPSA) is 77.1 Å². The Labute approximate surface area is 110 Å².